The number of methoxy groups -OCH3 is 2. The van der Waals surface area contributed by atoms with Crippen molar-refractivity contribution in [2.75, 3.05) is 27.3 Å². The van der Waals surface area contributed by atoms with Gasteiger partial charge in [0.15, 0.2) is 0 Å². The standard InChI is InChI=1S/C14H18BrNO6/c1-19-13-10(11(15)12(18)21-13)14(20-2)8(7-9(17)22-14)16-5-3-4-6-16/h7,10-11,13H,3-6H2,1-2H3. The monoisotopic (exact) mass is 375 g/mol. The molecule has 0 saturated carbocycles. The quantitative estimate of drug-likeness (QED) is 0.530. The van der Waals surface area contributed by atoms with E-state index in [2.05, 4.69) is 20.8 Å². The van der Waals surface area contributed by atoms with E-state index >= 15 is 0 Å². The Labute approximate surface area is 136 Å². The van der Waals surface area contributed by atoms with Crippen molar-refractivity contribution in [3.05, 3.63) is 11.8 Å². The first-order valence-electron chi connectivity index (χ1n) is 7.16. The van der Waals surface area contributed by atoms with Gasteiger partial charge in [-0.2, -0.15) is 0 Å². The highest BCUT2D eigenvalue weighted by Crippen LogP contribution is 2.47. The SMILES string of the molecule is COC1OC(=O)C(Br)C1C1(OC)OC(=O)C=C1N1CCCC1. The van der Waals surface area contributed by atoms with Gasteiger partial charge in [-0.1, -0.05) is 15.9 Å². The second-order valence-corrected chi connectivity index (χ2v) is 6.47. The Balaban J connectivity index is 2.01. The van der Waals surface area contributed by atoms with Gasteiger partial charge in [-0.15, -0.1) is 0 Å². The van der Waals surface area contributed by atoms with Crippen molar-refractivity contribution in [3.8, 4) is 0 Å². The summed E-state index contributed by atoms with van der Waals surface area (Å²) < 4.78 is 21.6. The van der Waals surface area contributed by atoms with Gasteiger partial charge in [0.25, 0.3) is 5.79 Å². The fourth-order valence-corrected chi connectivity index (χ4v) is 4.04. The van der Waals surface area contributed by atoms with Crippen LogP contribution in [0.2, 0.25) is 0 Å². The number of carbonyl (C=O) groups is 2. The molecule has 7 nitrogen and oxygen atoms in total. The molecule has 0 spiro atoms. The molecule has 8 heteroatoms. The average Bonchev–Trinajstić information content (AvgIpc) is 3.19. The van der Waals surface area contributed by atoms with Gasteiger partial charge in [0.2, 0.25) is 6.29 Å². The molecule has 2 fully saturated rings. The first-order valence-corrected chi connectivity index (χ1v) is 8.07. The fourth-order valence-electron chi connectivity index (χ4n) is 3.34. The Morgan fingerprint density at radius 1 is 1.32 bits per heavy atom. The van der Waals surface area contributed by atoms with Crippen LogP contribution in [-0.2, 0) is 28.5 Å². The highest BCUT2D eigenvalue weighted by atomic mass is 79.9. The highest BCUT2D eigenvalue weighted by Gasteiger charge is 2.63. The van der Waals surface area contributed by atoms with Gasteiger partial charge in [-0.25, -0.2) is 4.79 Å². The molecule has 0 N–H and O–H groups in total. The maximum Gasteiger partial charge on any atom is 0.335 e. The van der Waals surface area contributed by atoms with Crippen molar-refractivity contribution >= 4 is 27.9 Å². The third-order valence-electron chi connectivity index (χ3n) is 4.35. The first-order chi connectivity index (χ1) is 10.5. The summed E-state index contributed by atoms with van der Waals surface area (Å²) >= 11 is 3.32. The van der Waals surface area contributed by atoms with Crippen molar-refractivity contribution in [3.63, 3.8) is 0 Å². The van der Waals surface area contributed by atoms with E-state index in [9.17, 15) is 9.59 Å². The van der Waals surface area contributed by atoms with E-state index in [1.807, 2.05) is 0 Å². The Hall–Kier alpha value is -1.12. The summed E-state index contributed by atoms with van der Waals surface area (Å²) in [7, 11) is 2.90. The van der Waals surface area contributed by atoms with Crippen molar-refractivity contribution in [1.82, 2.24) is 4.90 Å². The van der Waals surface area contributed by atoms with Crippen molar-refractivity contribution in [1.29, 1.82) is 0 Å². The molecule has 0 aliphatic carbocycles. The Morgan fingerprint density at radius 2 is 2.00 bits per heavy atom. The molecule has 0 radical (unpaired) electrons. The molecule has 22 heavy (non-hydrogen) atoms. The summed E-state index contributed by atoms with van der Waals surface area (Å²) in [5.74, 6) is -2.97. The molecule has 3 heterocycles. The number of hydrogen-bond acceptors (Lipinski definition) is 7. The summed E-state index contributed by atoms with van der Waals surface area (Å²) in [5.41, 5.74) is 0.632. The molecule has 2 saturated heterocycles. The topological polar surface area (TPSA) is 74.3 Å². The number of carbonyl (C=O) groups excluding carboxylic acids is 2. The smallest absolute Gasteiger partial charge is 0.335 e. The van der Waals surface area contributed by atoms with Gasteiger partial charge in [-0.05, 0) is 12.8 Å². The van der Waals surface area contributed by atoms with Crippen LogP contribution in [0.3, 0.4) is 0 Å². The van der Waals surface area contributed by atoms with Crippen LogP contribution in [0, 0.1) is 5.92 Å². The number of halogens is 1. The van der Waals surface area contributed by atoms with Crippen LogP contribution >= 0.6 is 15.9 Å². The fraction of sp³-hybridized carbons (Fsp3) is 0.714. The van der Waals surface area contributed by atoms with Crippen molar-refractivity contribution < 1.29 is 28.5 Å². The lowest BCUT2D eigenvalue weighted by Gasteiger charge is -2.39. The van der Waals surface area contributed by atoms with E-state index in [0.717, 1.165) is 25.9 Å². The number of ether oxygens (including phenoxy) is 4. The zero-order chi connectivity index (χ0) is 15.9. The highest BCUT2D eigenvalue weighted by molar-refractivity contribution is 9.10. The predicted molar refractivity (Wildman–Crippen MR) is 77.8 cm³/mol. The average molecular weight is 376 g/mol. The molecule has 0 amide bonds. The van der Waals surface area contributed by atoms with Gasteiger partial charge in [-0.3, -0.25) is 4.79 Å². The molecule has 4 atom stereocenters. The Kier molecular flexibility index (Phi) is 4.17. The number of alkyl halides is 1. The van der Waals surface area contributed by atoms with Gasteiger partial charge >= 0.3 is 11.9 Å². The molecule has 3 aliphatic heterocycles. The van der Waals surface area contributed by atoms with Crippen LogP contribution in [0.25, 0.3) is 0 Å². The molecule has 0 aromatic heterocycles. The minimum Gasteiger partial charge on any atom is -0.434 e. The van der Waals surface area contributed by atoms with E-state index < -0.39 is 34.8 Å². The van der Waals surface area contributed by atoms with E-state index in [1.54, 1.807) is 0 Å². The zero-order valence-electron chi connectivity index (χ0n) is 12.4. The van der Waals surface area contributed by atoms with Crippen LogP contribution < -0.4 is 0 Å². The molecule has 0 aromatic rings. The number of nitrogens with zero attached hydrogens (tertiary/aromatic N) is 1. The van der Waals surface area contributed by atoms with Gasteiger partial charge in [0, 0.05) is 33.4 Å². The second kappa shape index (κ2) is 5.82. The minimum atomic E-state index is -1.39. The van der Waals surface area contributed by atoms with Gasteiger partial charge in [0.1, 0.15) is 10.7 Å². The molecular formula is C14H18BrNO6. The third kappa shape index (κ3) is 2.24. The predicted octanol–water partition coefficient (Wildman–Crippen LogP) is 0.775. The molecule has 3 rings (SSSR count). The maximum atomic E-state index is 11.9. The second-order valence-electron chi connectivity index (χ2n) is 5.48. The Morgan fingerprint density at radius 3 is 2.59 bits per heavy atom. The lowest BCUT2D eigenvalue weighted by molar-refractivity contribution is -0.247. The normalized spacial score (nSPS) is 38.2. The summed E-state index contributed by atoms with van der Waals surface area (Å²) in [6.45, 7) is 1.64. The molecular weight excluding hydrogens is 358 g/mol. The minimum absolute atomic E-state index is 0.461. The molecule has 122 valence electrons. The van der Waals surface area contributed by atoms with E-state index in [4.69, 9.17) is 18.9 Å². The van der Waals surface area contributed by atoms with Gasteiger partial charge < -0.3 is 23.8 Å². The van der Waals surface area contributed by atoms with E-state index in [-0.39, 0.29) is 0 Å². The first kappa shape index (κ1) is 15.8. The number of cyclic esters (lactones) is 2. The van der Waals surface area contributed by atoms with Crippen LogP contribution in [-0.4, -0.2) is 61.1 Å². The number of likely N-dealkylation sites (tertiary alicyclic amines) is 1. The van der Waals surface area contributed by atoms with Gasteiger partial charge in [0.05, 0.1) is 5.70 Å². The molecule has 4 unspecified atom stereocenters. The van der Waals surface area contributed by atoms with Crippen LogP contribution in [0.4, 0.5) is 0 Å². The summed E-state index contributed by atoms with van der Waals surface area (Å²) in [4.78, 5) is 25.2. The maximum absolute atomic E-state index is 11.9. The largest absolute Gasteiger partial charge is 0.434 e. The third-order valence-corrected chi connectivity index (χ3v) is 5.29. The number of hydrogen-bond donors (Lipinski definition) is 0. The summed E-state index contributed by atoms with van der Waals surface area (Å²) in [5, 5.41) is 0. The van der Waals surface area contributed by atoms with Crippen molar-refractivity contribution in [2.24, 2.45) is 5.92 Å². The summed E-state index contributed by atoms with van der Waals surface area (Å²) in [6, 6.07) is 0. The lowest BCUT2D eigenvalue weighted by atomic mass is 9.92. The van der Waals surface area contributed by atoms with Crippen LogP contribution in [0.15, 0.2) is 11.8 Å². The van der Waals surface area contributed by atoms with Crippen LogP contribution in [0.1, 0.15) is 12.8 Å². The molecule has 0 bridgehead atoms. The zero-order valence-corrected chi connectivity index (χ0v) is 14.0. The number of esters is 2. The van der Waals surface area contributed by atoms with Crippen LogP contribution in [0.5, 0.6) is 0 Å². The van der Waals surface area contributed by atoms with E-state index in [0.29, 0.717) is 5.70 Å². The van der Waals surface area contributed by atoms with Crippen molar-refractivity contribution in [2.45, 2.75) is 29.7 Å². The van der Waals surface area contributed by atoms with E-state index in [1.165, 1.54) is 20.3 Å². The molecule has 3 aliphatic rings. The lowest BCUT2D eigenvalue weighted by Crippen LogP contribution is -2.53. The number of rotatable bonds is 4. The summed E-state index contributed by atoms with van der Waals surface area (Å²) in [6.07, 6.45) is 2.66. The molecule has 0 aromatic carbocycles. The Bertz CT molecular complexity index is 517.